The number of methoxy groups -OCH3 is 1. The third-order valence-corrected chi connectivity index (χ3v) is 5.29. The van der Waals surface area contributed by atoms with Crippen molar-refractivity contribution in [3.63, 3.8) is 0 Å². The molecule has 1 aromatic carbocycles. The molecule has 0 fully saturated rings. The van der Waals surface area contributed by atoms with Gasteiger partial charge >= 0.3 is 12.3 Å². The van der Waals surface area contributed by atoms with Gasteiger partial charge in [0.1, 0.15) is 34.2 Å². The quantitative estimate of drug-likeness (QED) is 0.429. The summed E-state index contributed by atoms with van der Waals surface area (Å²) in [5.41, 5.74) is -1.57. The maximum Gasteiger partial charge on any atom is 0.573 e. The van der Waals surface area contributed by atoms with E-state index in [1.54, 1.807) is 12.1 Å². The normalized spacial score (nSPS) is 17.1. The number of rotatable bonds is 5. The molecule has 1 atom stereocenters. The number of ether oxygens (including phenoxy) is 3. The molecular formula is C23H17F4N3O5. The van der Waals surface area contributed by atoms with Gasteiger partial charge in [-0.1, -0.05) is 0 Å². The molecule has 0 radical (unpaired) electrons. The van der Waals surface area contributed by atoms with E-state index in [4.69, 9.17) is 4.74 Å². The van der Waals surface area contributed by atoms with Crippen molar-refractivity contribution >= 4 is 11.9 Å². The van der Waals surface area contributed by atoms with Crippen LogP contribution < -0.4 is 14.8 Å². The number of benzene rings is 1. The monoisotopic (exact) mass is 491 g/mol. The van der Waals surface area contributed by atoms with Crippen molar-refractivity contribution in [2.75, 3.05) is 13.7 Å². The Bertz CT molecular complexity index is 1270. The van der Waals surface area contributed by atoms with Crippen molar-refractivity contribution in [1.82, 2.24) is 15.3 Å². The zero-order valence-electron chi connectivity index (χ0n) is 18.1. The molecule has 12 heteroatoms. The van der Waals surface area contributed by atoms with Gasteiger partial charge in [0.15, 0.2) is 0 Å². The SMILES string of the molecule is COC(=O)c1ccc(C(=O)N[C@]2(c3ccc(OC(F)(F)F)cc3F)CCOc3cccnc32)nc1. The lowest BCUT2D eigenvalue weighted by molar-refractivity contribution is -0.274. The fraction of sp³-hybridized carbons (Fsp3) is 0.217. The first kappa shape index (κ1) is 23.9. The van der Waals surface area contributed by atoms with Crippen molar-refractivity contribution in [2.45, 2.75) is 18.3 Å². The first-order valence-electron chi connectivity index (χ1n) is 10.1. The minimum Gasteiger partial charge on any atom is -0.491 e. The van der Waals surface area contributed by atoms with E-state index in [9.17, 15) is 22.8 Å². The molecule has 0 aliphatic carbocycles. The lowest BCUT2D eigenvalue weighted by atomic mass is 9.80. The number of carbonyl (C=O) groups excluding carboxylic acids is 2. The molecule has 3 heterocycles. The van der Waals surface area contributed by atoms with E-state index in [0.29, 0.717) is 6.07 Å². The van der Waals surface area contributed by atoms with Gasteiger partial charge < -0.3 is 19.5 Å². The zero-order valence-corrected chi connectivity index (χ0v) is 18.1. The highest BCUT2D eigenvalue weighted by Gasteiger charge is 2.45. The topological polar surface area (TPSA) is 99.6 Å². The summed E-state index contributed by atoms with van der Waals surface area (Å²) in [7, 11) is 1.20. The summed E-state index contributed by atoms with van der Waals surface area (Å²) in [5.74, 6) is -2.93. The van der Waals surface area contributed by atoms with E-state index in [1.807, 2.05) is 0 Å². The fourth-order valence-electron chi connectivity index (χ4n) is 3.77. The fourth-order valence-corrected chi connectivity index (χ4v) is 3.77. The Morgan fingerprint density at radius 1 is 1.14 bits per heavy atom. The largest absolute Gasteiger partial charge is 0.573 e. The lowest BCUT2D eigenvalue weighted by Gasteiger charge is -2.39. The number of fused-ring (bicyclic) bond motifs is 1. The molecule has 0 spiro atoms. The minimum atomic E-state index is -5.01. The Morgan fingerprint density at radius 3 is 2.60 bits per heavy atom. The number of hydrogen-bond donors (Lipinski definition) is 1. The van der Waals surface area contributed by atoms with Crippen molar-refractivity contribution in [2.24, 2.45) is 0 Å². The number of nitrogens with zero attached hydrogens (tertiary/aromatic N) is 2. The second-order valence-electron chi connectivity index (χ2n) is 7.42. The number of pyridine rings is 2. The summed E-state index contributed by atoms with van der Waals surface area (Å²) < 4.78 is 67.0. The number of halogens is 4. The smallest absolute Gasteiger partial charge is 0.491 e. The van der Waals surface area contributed by atoms with Crippen LogP contribution in [0.2, 0.25) is 0 Å². The van der Waals surface area contributed by atoms with Gasteiger partial charge in [-0.15, -0.1) is 13.2 Å². The van der Waals surface area contributed by atoms with Crippen LogP contribution in [0.5, 0.6) is 11.5 Å². The van der Waals surface area contributed by atoms with Crippen molar-refractivity contribution in [3.05, 3.63) is 83.2 Å². The molecule has 35 heavy (non-hydrogen) atoms. The predicted molar refractivity (Wildman–Crippen MR) is 111 cm³/mol. The van der Waals surface area contributed by atoms with Crippen molar-refractivity contribution in [3.8, 4) is 11.5 Å². The standard InChI is InChI=1S/C23H17F4N3O5/c1-33-21(32)13-4-7-17(29-12-13)20(31)30-22(8-10-34-18-3-2-9-28-19(18)22)15-6-5-14(11-16(15)24)35-23(25,26)27/h2-7,9,11-12H,8,10H2,1H3,(H,30,31)/t22-/m0/s1. The molecule has 1 aliphatic heterocycles. The third kappa shape index (κ3) is 4.86. The summed E-state index contributed by atoms with van der Waals surface area (Å²) in [4.78, 5) is 33.0. The Balaban J connectivity index is 1.76. The van der Waals surface area contributed by atoms with E-state index in [1.165, 1.54) is 25.4 Å². The Labute approximate surface area is 195 Å². The number of hydrogen-bond acceptors (Lipinski definition) is 7. The molecule has 1 N–H and O–H groups in total. The molecule has 0 bridgehead atoms. The number of aromatic nitrogens is 2. The van der Waals surface area contributed by atoms with Crippen LogP contribution in [0, 0.1) is 5.82 Å². The maximum absolute atomic E-state index is 15.2. The number of amides is 1. The lowest BCUT2D eigenvalue weighted by Crippen LogP contribution is -2.51. The van der Waals surface area contributed by atoms with E-state index < -0.39 is 35.3 Å². The van der Waals surface area contributed by atoms with E-state index >= 15 is 4.39 Å². The Kier molecular flexibility index (Phi) is 6.29. The summed E-state index contributed by atoms with van der Waals surface area (Å²) in [5, 5.41) is 2.73. The number of alkyl halides is 3. The van der Waals surface area contributed by atoms with Crippen LogP contribution in [0.25, 0.3) is 0 Å². The van der Waals surface area contributed by atoms with Gasteiger partial charge in [0, 0.05) is 30.4 Å². The van der Waals surface area contributed by atoms with Crippen LogP contribution in [0.15, 0.2) is 54.9 Å². The van der Waals surface area contributed by atoms with Crippen molar-refractivity contribution < 1.29 is 41.4 Å². The molecule has 0 saturated heterocycles. The molecule has 8 nitrogen and oxygen atoms in total. The highest BCUT2D eigenvalue weighted by molar-refractivity contribution is 5.95. The highest BCUT2D eigenvalue weighted by Crippen LogP contribution is 2.42. The molecule has 4 rings (SSSR count). The number of esters is 1. The predicted octanol–water partition coefficient (Wildman–Crippen LogP) is 3.76. The molecule has 0 unspecified atom stereocenters. The molecule has 1 aliphatic rings. The maximum atomic E-state index is 15.2. The highest BCUT2D eigenvalue weighted by atomic mass is 19.4. The first-order valence-corrected chi connectivity index (χ1v) is 10.1. The van der Waals surface area contributed by atoms with Gasteiger partial charge in [-0.05, 0) is 36.4 Å². The van der Waals surface area contributed by atoms with Gasteiger partial charge in [0.2, 0.25) is 0 Å². The second-order valence-corrected chi connectivity index (χ2v) is 7.42. The van der Waals surface area contributed by atoms with E-state index in [0.717, 1.165) is 18.3 Å². The van der Waals surface area contributed by atoms with Crippen LogP contribution in [-0.4, -0.2) is 41.9 Å². The summed E-state index contributed by atoms with van der Waals surface area (Å²) in [6.07, 6.45) is -2.43. The first-order chi connectivity index (χ1) is 16.6. The Hall–Kier alpha value is -4.22. The van der Waals surface area contributed by atoms with Crippen LogP contribution in [0.4, 0.5) is 17.6 Å². The Morgan fingerprint density at radius 2 is 1.94 bits per heavy atom. The van der Waals surface area contributed by atoms with Gasteiger partial charge in [-0.3, -0.25) is 14.8 Å². The average molecular weight is 491 g/mol. The number of carbonyl (C=O) groups is 2. The van der Waals surface area contributed by atoms with Crippen LogP contribution in [0.1, 0.15) is 38.5 Å². The third-order valence-electron chi connectivity index (χ3n) is 5.29. The minimum absolute atomic E-state index is 0.0133. The molecule has 3 aromatic rings. The number of nitrogens with one attached hydrogen (secondary N) is 1. The molecule has 182 valence electrons. The molecule has 2 aromatic heterocycles. The molecular weight excluding hydrogens is 474 g/mol. The van der Waals surface area contributed by atoms with Crippen LogP contribution in [-0.2, 0) is 10.3 Å². The molecule has 0 saturated carbocycles. The molecule has 1 amide bonds. The van der Waals surface area contributed by atoms with Gasteiger partial charge in [-0.2, -0.15) is 0 Å². The zero-order chi connectivity index (χ0) is 25.2. The van der Waals surface area contributed by atoms with E-state index in [2.05, 4.69) is 24.8 Å². The van der Waals surface area contributed by atoms with Gasteiger partial charge in [0.05, 0.1) is 19.3 Å². The second kappa shape index (κ2) is 9.20. The van der Waals surface area contributed by atoms with Crippen LogP contribution in [0.3, 0.4) is 0 Å². The average Bonchev–Trinajstić information content (AvgIpc) is 2.83. The summed E-state index contributed by atoms with van der Waals surface area (Å²) in [6, 6.07) is 8.39. The van der Waals surface area contributed by atoms with Gasteiger partial charge in [0.25, 0.3) is 5.91 Å². The van der Waals surface area contributed by atoms with Crippen LogP contribution >= 0.6 is 0 Å². The van der Waals surface area contributed by atoms with E-state index in [-0.39, 0.29) is 41.3 Å². The summed E-state index contributed by atoms with van der Waals surface area (Å²) >= 11 is 0. The van der Waals surface area contributed by atoms with Crippen molar-refractivity contribution in [1.29, 1.82) is 0 Å². The summed E-state index contributed by atoms with van der Waals surface area (Å²) in [6.45, 7) is 0.0495. The van der Waals surface area contributed by atoms with Gasteiger partial charge in [-0.25, -0.2) is 9.18 Å².